The van der Waals surface area contributed by atoms with Crippen molar-refractivity contribution in [3.63, 3.8) is 0 Å². The summed E-state index contributed by atoms with van der Waals surface area (Å²) in [5, 5.41) is 2.75. The molecule has 0 spiro atoms. The highest BCUT2D eigenvalue weighted by atomic mass is 35.5. The number of halogens is 1. The molecular formula is C14H18ClNO2. The molecule has 4 heteroatoms. The molecule has 1 aromatic carbocycles. The SMILES string of the molecule is O=C(NCC(Cl)c1ccccc1)C1CCOCC1. The Bertz CT molecular complexity index is 377. The Balaban J connectivity index is 1.78. The van der Waals surface area contributed by atoms with E-state index in [1.807, 2.05) is 30.3 Å². The third kappa shape index (κ3) is 3.72. The van der Waals surface area contributed by atoms with Crippen LogP contribution in [-0.4, -0.2) is 25.7 Å². The lowest BCUT2D eigenvalue weighted by Gasteiger charge is -2.22. The fraction of sp³-hybridized carbons (Fsp3) is 0.500. The van der Waals surface area contributed by atoms with Crippen LogP contribution in [0, 0.1) is 5.92 Å². The van der Waals surface area contributed by atoms with Gasteiger partial charge in [-0.25, -0.2) is 0 Å². The van der Waals surface area contributed by atoms with Crippen LogP contribution in [0.25, 0.3) is 0 Å². The van der Waals surface area contributed by atoms with Gasteiger partial charge in [-0.15, -0.1) is 11.6 Å². The van der Waals surface area contributed by atoms with Crippen molar-refractivity contribution in [2.45, 2.75) is 18.2 Å². The zero-order valence-electron chi connectivity index (χ0n) is 10.3. The number of carbonyl (C=O) groups is 1. The van der Waals surface area contributed by atoms with Crippen LogP contribution >= 0.6 is 11.6 Å². The van der Waals surface area contributed by atoms with Gasteiger partial charge in [0.25, 0.3) is 0 Å². The van der Waals surface area contributed by atoms with Crippen LogP contribution in [0.3, 0.4) is 0 Å². The molecule has 0 saturated carbocycles. The number of alkyl halides is 1. The van der Waals surface area contributed by atoms with E-state index in [4.69, 9.17) is 16.3 Å². The Labute approximate surface area is 112 Å². The van der Waals surface area contributed by atoms with Crippen molar-refractivity contribution in [1.29, 1.82) is 0 Å². The molecule has 2 rings (SSSR count). The predicted molar refractivity (Wildman–Crippen MR) is 71.6 cm³/mol. The average molecular weight is 268 g/mol. The van der Waals surface area contributed by atoms with Crippen LogP contribution in [0.4, 0.5) is 0 Å². The first-order valence-corrected chi connectivity index (χ1v) is 6.75. The molecule has 1 aromatic rings. The second kappa shape index (κ2) is 6.76. The fourth-order valence-corrected chi connectivity index (χ4v) is 2.30. The van der Waals surface area contributed by atoms with Crippen LogP contribution in [0.5, 0.6) is 0 Å². The van der Waals surface area contributed by atoms with Gasteiger partial charge >= 0.3 is 0 Å². The van der Waals surface area contributed by atoms with Crippen LogP contribution in [0.15, 0.2) is 30.3 Å². The number of nitrogens with one attached hydrogen (secondary N) is 1. The molecule has 18 heavy (non-hydrogen) atoms. The minimum absolute atomic E-state index is 0.0818. The summed E-state index contributed by atoms with van der Waals surface area (Å²) in [7, 11) is 0. The average Bonchev–Trinajstić information content (AvgIpc) is 2.46. The van der Waals surface area contributed by atoms with Crippen molar-refractivity contribution in [1.82, 2.24) is 5.32 Å². The summed E-state index contributed by atoms with van der Waals surface area (Å²) in [4.78, 5) is 11.9. The minimum Gasteiger partial charge on any atom is -0.381 e. The van der Waals surface area contributed by atoms with Crippen molar-refractivity contribution in [2.24, 2.45) is 5.92 Å². The predicted octanol–water partition coefficient (Wildman–Crippen LogP) is 2.51. The van der Waals surface area contributed by atoms with Crippen molar-refractivity contribution in [3.05, 3.63) is 35.9 Å². The summed E-state index contributed by atoms with van der Waals surface area (Å²) in [6.07, 6.45) is 1.62. The largest absolute Gasteiger partial charge is 0.381 e. The van der Waals surface area contributed by atoms with Gasteiger partial charge in [0, 0.05) is 25.7 Å². The van der Waals surface area contributed by atoms with Gasteiger partial charge in [0.05, 0.1) is 5.38 Å². The summed E-state index contributed by atoms with van der Waals surface area (Å²) in [5.74, 6) is 0.179. The lowest BCUT2D eigenvalue weighted by Crippen LogP contribution is -2.35. The third-order valence-corrected chi connectivity index (χ3v) is 3.62. The van der Waals surface area contributed by atoms with Crippen molar-refractivity contribution in [3.8, 4) is 0 Å². The standard InChI is InChI=1S/C14H18ClNO2/c15-13(11-4-2-1-3-5-11)10-16-14(17)12-6-8-18-9-7-12/h1-5,12-13H,6-10H2,(H,16,17). The molecule has 1 unspecified atom stereocenters. The summed E-state index contributed by atoms with van der Waals surface area (Å²) < 4.78 is 5.24. The topological polar surface area (TPSA) is 38.3 Å². The monoisotopic (exact) mass is 267 g/mol. The minimum atomic E-state index is -0.171. The maximum atomic E-state index is 11.9. The molecule has 0 aromatic heterocycles. The first-order valence-electron chi connectivity index (χ1n) is 6.32. The van der Waals surface area contributed by atoms with E-state index in [1.54, 1.807) is 0 Å². The normalized spacial score (nSPS) is 18.3. The smallest absolute Gasteiger partial charge is 0.223 e. The number of hydrogen-bond acceptors (Lipinski definition) is 2. The van der Waals surface area contributed by atoms with E-state index in [-0.39, 0.29) is 17.2 Å². The second-order valence-electron chi connectivity index (χ2n) is 4.51. The lowest BCUT2D eigenvalue weighted by atomic mass is 9.99. The summed E-state index contributed by atoms with van der Waals surface area (Å²) in [6.45, 7) is 1.84. The Morgan fingerprint density at radius 1 is 1.33 bits per heavy atom. The molecule has 1 atom stereocenters. The summed E-state index contributed by atoms with van der Waals surface area (Å²) in [6, 6.07) is 9.79. The fourth-order valence-electron chi connectivity index (χ4n) is 2.07. The van der Waals surface area contributed by atoms with Gasteiger partial charge in [0.2, 0.25) is 5.91 Å². The quantitative estimate of drug-likeness (QED) is 0.852. The van der Waals surface area contributed by atoms with E-state index >= 15 is 0 Å². The zero-order valence-corrected chi connectivity index (χ0v) is 11.0. The second-order valence-corrected chi connectivity index (χ2v) is 5.04. The summed E-state index contributed by atoms with van der Waals surface area (Å²) >= 11 is 6.25. The van der Waals surface area contributed by atoms with E-state index in [0.29, 0.717) is 19.8 Å². The van der Waals surface area contributed by atoms with E-state index in [1.165, 1.54) is 0 Å². The highest BCUT2D eigenvalue weighted by molar-refractivity contribution is 6.21. The lowest BCUT2D eigenvalue weighted by molar-refractivity contribution is -0.127. The van der Waals surface area contributed by atoms with E-state index in [0.717, 1.165) is 18.4 Å². The van der Waals surface area contributed by atoms with Crippen LogP contribution in [-0.2, 0) is 9.53 Å². The molecular weight excluding hydrogens is 250 g/mol. The Morgan fingerprint density at radius 2 is 2.00 bits per heavy atom. The van der Waals surface area contributed by atoms with Gasteiger partial charge in [-0.2, -0.15) is 0 Å². The van der Waals surface area contributed by atoms with Gasteiger partial charge in [-0.1, -0.05) is 30.3 Å². The van der Waals surface area contributed by atoms with Crippen LogP contribution in [0.1, 0.15) is 23.8 Å². The van der Waals surface area contributed by atoms with Crippen molar-refractivity contribution in [2.75, 3.05) is 19.8 Å². The molecule has 1 aliphatic heterocycles. The zero-order chi connectivity index (χ0) is 12.8. The summed E-state index contributed by atoms with van der Waals surface area (Å²) in [5.41, 5.74) is 1.03. The van der Waals surface area contributed by atoms with Gasteiger partial charge in [-0.3, -0.25) is 4.79 Å². The molecule has 0 radical (unpaired) electrons. The number of rotatable bonds is 4. The maximum absolute atomic E-state index is 11.9. The Hall–Kier alpha value is -1.06. The molecule has 1 aliphatic rings. The molecule has 0 bridgehead atoms. The van der Waals surface area contributed by atoms with E-state index in [2.05, 4.69) is 5.32 Å². The molecule has 1 N–H and O–H groups in total. The van der Waals surface area contributed by atoms with Crippen molar-refractivity contribution >= 4 is 17.5 Å². The first kappa shape index (κ1) is 13.4. The van der Waals surface area contributed by atoms with Gasteiger partial charge in [0.15, 0.2) is 0 Å². The molecule has 0 aliphatic carbocycles. The first-order chi connectivity index (χ1) is 8.77. The maximum Gasteiger partial charge on any atom is 0.223 e. The van der Waals surface area contributed by atoms with Crippen LogP contribution in [0.2, 0.25) is 0 Å². The van der Waals surface area contributed by atoms with Gasteiger partial charge in [-0.05, 0) is 18.4 Å². The van der Waals surface area contributed by atoms with Crippen LogP contribution < -0.4 is 5.32 Å². The molecule has 98 valence electrons. The van der Waals surface area contributed by atoms with E-state index in [9.17, 15) is 4.79 Å². The molecule has 1 fully saturated rings. The number of benzene rings is 1. The van der Waals surface area contributed by atoms with Gasteiger partial charge < -0.3 is 10.1 Å². The van der Waals surface area contributed by atoms with Gasteiger partial charge in [0.1, 0.15) is 0 Å². The highest BCUT2D eigenvalue weighted by Gasteiger charge is 2.21. The van der Waals surface area contributed by atoms with Crippen molar-refractivity contribution < 1.29 is 9.53 Å². The molecule has 1 amide bonds. The number of hydrogen-bond donors (Lipinski definition) is 1. The highest BCUT2D eigenvalue weighted by Crippen LogP contribution is 2.20. The number of carbonyl (C=O) groups excluding carboxylic acids is 1. The number of amides is 1. The Kier molecular flexibility index (Phi) is 5.02. The molecule has 1 saturated heterocycles. The molecule has 1 heterocycles. The Morgan fingerprint density at radius 3 is 2.67 bits per heavy atom. The molecule has 3 nitrogen and oxygen atoms in total. The van der Waals surface area contributed by atoms with E-state index < -0.39 is 0 Å². The third-order valence-electron chi connectivity index (χ3n) is 3.21. The number of ether oxygens (including phenoxy) is 1.